The van der Waals surface area contributed by atoms with Crippen LogP contribution in [0.1, 0.15) is 120 Å². The number of rotatable bonds is 14. The maximum atomic E-state index is 15.4. The predicted molar refractivity (Wildman–Crippen MR) is 219 cm³/mol. The second kappa shape index (κ2) is 15.5. The van der Waals surface area contributed by atoms with Crippen molar-refractivity contribution < 1.29 is 45.9 Å². The van der Waals surface area contributed by atoms with Crippen molar-refractivity contribution in [2.24, 2.45) is 11.8 Å². The van der Waals surface area contributed by atoms with Gasteiger partial charge < -0.3 is 4.74 Å². The summed E-state index contributed by atoms with van der Waals surface area (Å²) in [6.07, 6.45) is 6.75. The van der Waals surface area contributed by atoms with Crippen molar-refractivity contribution in [2.45, 2.75) is 79.1 Å². The molecule has 59 heavy (non-hydrogen) atoms. The Balaban J connectivity index is 1.43. The molecule has 0 N–H and O–H groups in total. The molecule has 2 atom stereocenters. The normalized spacial score (nSPS) is 15.2. The molecule has 0 saturated heterocycles. The van der Waals surface area contributed by atoms with Crippen LogP contribution in [0.4, 0.5) is 22.0 Å². The molecule has 0 radical (unpaired) electrons. The number of ether oxygens (including phenoxy) is 1. The number of carbonyl (C=O) groups is 4. The summed E-state index contributed by atoms with van der Waals surface area (Å²) in [4.78, 5) is 59.8. The standard InChI is InChI=1S/C46H40BrF5N2O5/c1-5-9-11-21(7-3)19-53-43(55)25-16-14-24-34-30(59-42-40(51)38(49)37(48)39(50)41(42)52)18-28-32-26(44(56)54(46(28)58)20-22(8-4)12-10-6-2)15-13-23(36(32)34)33-29(47)17-27(45(53)57)31(25)35(24)33/h13-18,21-22H,5-12,19-20H2,1-4H3. The topological polar surface area (TPSA) is 84.0 Å². The Morgan fingerprint density at radius 3 is 1.44 bits per heavy atom. The number of halogens is 6. The van der Waals surface area contributed by atoms with Crippen LogP contribution in [0.5, 0.6) is 11.5 Å². The molecule has 6 aromatic rings. The Morgan fingerprint density at radius 2 is 0.966 bits per heavy atom. The lowest BCUT2D eigenvalue weighted by atomic mass is 9.81. The molecule has 0 aliphatic carbocycles. The van der Waals surface area contributed by atoms with Crippen LogP contribution in [0.15, 0.2) is 40.9 Å². The molecule has 7 nitrogen and oxygen atoms in total. The summed E-state index contributed by atoms with van der Waals surface area (Å²) in [6, 6.07) is 9.18. The van der Waals surface area contributed by atoms with Gasteiger partial charge >= 0.3 is 0 Å². The fourth-order valence-corrected chi connectivity index (χ4v) is 9.67. The number of benzene rings is 6. The zero-order valence-corrected chi connectivity index (χ0v) is 34.5. The molecular weight excluding hydrogens is 835 g/mol. The van der Waals surface area contributed by atoms with E-state index >= 15 is 8.78 Å². The van der Waals surface area contributed by atoms with Crippen LogP contribution >= 0.6 is 15.9 Å². The van der Waals surface area contributed by atoms with E-state index in [1.54, 1.807) is 24.3 Å². The summed E-state index contributed by atoms with van der Waals surface area (Å²) in [5.41, 5.74) is 0.572. The average Bonchev–Trinajstić information content (AvgIpc) is 3.24. The van der Waals surface area contributed by atoms with Crippen molar-refractivity contribution >= 4 is 82.6 Å². The quantitative estimate of drug-likeness (QED) is 0.0272. The number of unbranched alkanes of at least 4 members (excludes halogenated alkanes) is 2. The molecule has 0 fully saturated rings. The molecule has 2 heterocycles. The average molecular weight is 876 g/mol. The monoisotopic (exact) mass is 874 g/mol. The summed E-state index contributed by atoms with van der Waals surface area (Å²) in [7, 11) is 0. The third-order valence-corrected chi connectivity index (χ3v) is 12.9. The van der Waals surface area contributed by atoms with E-state index in [-0.39, 0.29) is 68.7 Å². The number of hydrogen-bond acceptors (Lipinski definition) is 5. The summed E-state index contributed by atoms with van der Waals surface area (Å²) < 4.78 is 80.5. The second-order valence-corrected chi connectivity index (χ2v) is 16.5. The van der Waals surface area contributed by atoms with Crippen molar-refractivity contribution in [1.82, 2.24) is 9.80 Å². The van der Waals surface area contributed by atoms with E-state index in [9.17, 15) is 32.3 Å². The molecule has 6 aromatic carbocycles. The van der Waals surface area contributed by atoms with Crippen molar-refractivity contribution in [2.75, 3.05) is 13.1 Å². The first-order valence-corrected chi connectivity index (χ1v) is 20.9. The lowest BCUT2D eigenvalue weighted by Gasteiger charge is -2.33. The van der Waals surface area contributed by atoms with Gasteiger partial charge in [0.05, 0.1) is 5.56 Å². The fourth-order valence-electron chi connectivity index (χ4n) is 9.03. The molecule has 0 spiro atoms. The second-order valence-electron chi connectivity index (χ2n) is 15.7. The summed E-state index contributed by atoms with van der Waals surface area (Å²) in [5, 5.41) is 2.46. The van der Waals surface area contributed by atoms with Crippen LogP contribution in [-0.2, 0) is 0 Å². The minimum atomic E-state index is -2.37. The maximum absolute atomic E-state index is 15.4. The Hall–Kier alpha value is -5.17. The fraction of sp³-hybridized carbons (Fsp3) is 0.348. The molecule has 306 valence electrons. The highest BCUT2D eigenvalue weighted by Gasteiger charge is 2.40. The highest BCUT2D eigenvalue weighted by molar-refractivity contribution is 9.10. The van der Waals surface area contributed by atoms with Gasteiger partial charge in [-0.2, -0.15) is 8.78 Å². The first kappa shape index (κ1) is 40.6. The van der Waals surface area contributed by atoms with Gasteiger partial charge in [0.2, 0.25) is 34.8 Å². The third-order valence-electron chi connectivity index (χ3n) is 12.3. The van der Waals surface area contributed by atoms with Crippen molar-refractivity contribution in [3.8, 4) is 11.5 Å². The van der Waals surface area contributed by atoms with Crippen LogP contribution in [0.2, 0.25) is 0 Å². The van der Waals surface area contributed by atoms with E-state index < -0.39 is 64.2 Å². The van der Waals surface area contributed by atoms with Crippen LogP contribution in [0, 0.1) is 40.9 Å². The van der Waals surface area contributed by atoms with Crippen LogP contribution < -0.4 is 4.74 Å². The van der Waals surface area contributed by atoms with E-state index in [4.69, 9.17) is 4.74 Å². The SMILES string of the molecule is CCCCC(CC)CN1C(=O)c2ccc3c4c(Oc5c(F)c(F)c(F)c(F)c5F)cc5c6c(ccc(c7c(Br)cc(c2c37)C1=O)c64)C(=O)N(CC(CC)CCCC)C5=O. The summed E-state index contributed by atoms with van der Waals surface area (Å²) >= 11 is 3.69. The molecule has 0 bridgehead atoms. The zero-order valence-electron chi connectivity index (χ0n) is 32.9. The first-order valence-electron chi connectivity index (χ1n) is 20.1. The van der Waals surface area contributed by atoms with Crippen molar-refractivity contribution in [1.29, 1.82) is 0 Å². The molecule has 2 aliphatic heterocycles. The molecular formula is C46H40BrF5N2O5. The molecule has 2 aliphatic rings. The van der Waals surface area contributed by atoms with E-state index in [1.165, 1.54) is 17.0 Å². The predicted octanol–water partition coefficient (Wildman–Crippen LogP) is 12.6. The van der Waals surface area contributed by atoms with Gasteiger partial charge in [-0.25, -0.2) is 13.2 Å². The van der Waals surface area contributed by atoms with Gasteiger partial charge in [-0.3, -0.25) is 29.0 Å². The Bertz CT molecular complexity index is 2760. The van der Waals surface area contributed by atoms with Crippen LogP contribution in [0.3, 0.4) is 0 Å². The van der Waals surface area contributed by atoms with Crippen LogP contribution in [-0.4, -0.2) is 46.5 Å². The van der Waals surface area contributed by atoms with Gasteiger partial charge in [0.15, 0.2) is 0 Å². The van der Waals surface area contributed by atoms with Gasteiger partial charge in [0.1, 0.15) is 5.75 Å². The molecule has 0 aromatic heterocycles. The Labute approximate surface area is 344 Å². The van der Waals surface area contributed by atoms with E-state index in [1.807, 2.05) is 20.8 Å². The number of carbonyl (C=O) groups excluding carboxylic acids is 4. The summed E-state index contributed by atoms with van der Waals surface area (Å²) in [5.74, 6) is -15.5. The minimum Gasteiger partial charge on any atom is -0.450 e. The largest absolute Gasteiger partial charge is 0.450 e. The molecule has 2 unspecified atom stereocenters. The minimum absolute atomic E-state index is 0.0191. The first-order chi connectivity index (χ1) is 28.3. The smallest absolute Gasteiger partial charge is 0.261 e. The van der Waals surface area contributed by atoms with Gasteiger partial charge in [0, 0.05) is 66.6 Å². The number of fused-ring (bicyclic) bond motifs is 2. The van der Waals surface area contributed by atoms with Gasteiger partial charge in [0.25, 0.3) is 23.6 Å². The molecule has 13 heteroatoms. The lowest BCUT2D eigenvalue weighted by molar-refractivity contribution is 0.0565. The third kappa shape index (κ3) is 6.16. The maximum Gasteiger partial charge on any atom is 0.261 e. The Morgan fingerprint density at radius 1 is 0.542 bits per heavy atom. The number of amides is 4. The van der Waals surface area contributed by atoms with E-state index in [2.05, 4.69) is 22.9 Å². The molecule has 0 saturated carbocycles. The number of nitrogens with zero attached hydrogens (tertiary/aromatic N) is 2. The van der Waals surface area contributed by atoms with E-state index in [0.717, 1.165) is 49.8 Å². The van der Waals surface area contributed by atoms with E-state index in [0.29, 0.717) is 32.4 Å². The molecule has 8 rings (SSSR count). The van der Waals surface area contributed by atoms with Crippen LogP contribution in [0.25, 0.3) is 43.1 Å². The zero-order chi connectivity index (χ0) is 42.2. The Kier molecular flexibility index (Phi) is 10.6. The van der Waals surface area contributed by atoms with Gasteiger partial charge in [-0.05, 0) is 59.7 Å². The highest BCUT2D eigenvalue weighted by atomic mass is 79.9. The number of hydrogen-bond donors (Lipinski definition) is 0. The lowest BCUT2D eigenvalue weighted by Crippen LogP contribution is -2.43. The van der Waals surface area contributed by atoms with Gasteiger partial charge in [-0.15, -0.1) is 0 Å². The van der Waals surface area contributed by atoms with Crippen molar-refractivity contribution in [3.63, 3.8) is 0 Å². The molecule has 4 amide bonds. The van der Waals surface area contributed by atoms with Gasteiger partial charge in [-0.1, -0.05) is 94.3 Å². The highest BCUT2D eigenvalue weighted by Crippen LogP contribution is 2.52. The van der Waals surface area contributed by atoms with Crippen molar-refractivity contribution in [3.05, 3.63) is 92.2 Å². The summed E-state index contributed by atoms with van der Waals surface area (Å²) in [6.45, 7) is 8.42. The number of imide groups is 2.